The van der Waals surface area contributed by atoms with Crippen LogP contribution in [0.5, 0.6) is 0 Å². The van der Waals surface area contributed by atoms with Crippen molar-refractivity contribution < 1.29 is 13.2 Å². The van der Waals surface area contributed by atoms with Crippen molar-refractivity contribution in [2.45, 2.75) is 11.3 Å². The van der Waals surface area contributed by atoms with Gasteiger partial charge in [-0.25, -0.2) is 13.1 Å². The van der Waals surface area contributed by atoms with Gasteiger partial charge in [0.05, 0.1) is 16.3 Å². The zero-order chi connectivity index (χ0) is 14.8. The number of nitrogen functional groups attached to an aromatic ring is 1. The van der Waals surface area contributed by atoms with Gasteiger partial charge in [0.2, 0.25) is 15.9 Å². The maximum Gasteiger partial charge on any atom is 0.240 e. The molecular weight excluding hydrogens is 280 g/mol. The molecular formula is C12H18N4O3S. The third kappa shape index (κ3) is 3.02. The summed E-state index contributed by atoms with van der Waals surface area (Å²) in [5, 5.41) is 2.78. The molecule has 2 rings (SSSR count). The monoisotopic (exact) mass is 298 g/mol. The highest BCUT2D eigenvalue weighted by molar-refractivity contribution is 7.89. The zero-order valence-corrected chi connectivity index (χ0v) is 12.0. The Bertz CT molecular complexity index is 615. The first-order valence-corrected chi connectivity index (χ1v) is 7.77. The largest absolute Gasteiger partial charge is 0.397 e. The van der Waals surface area contributed by atoms with Gasteiger partial charge in [0, 0.05) is 26.1 Å². The fourth-order valence-corrected chi connectivity index (χ4v) is 2.88. The number of anilines is 2. The van der Waals surface area contributed by atoms with Crippen LogP contribution in [0.2, 0.25) is 0 Å². The smallest absolute Gasteiger partial charge is 0.240 e. The molecule has 1 aliphatic heterocycles. The lowest BCUT2D eigenvalue weighted by Gasteiger charge is -2.23. The molecule has 1 aliphatic rings. The van der Waals surface area contributed by atoms with Crippen LogP contribution >= 0.6 is 0 Å². The number of nitrogens with zero attached hydrogens (tertiary/aromatic N) is 1. The molecule has 1 aromatic rings. The number of carbonyl (C=O) groups excluding carboxylic acids is 1. The third-order valence-electron chi connectivity index (χ3n) is 3.23. The summed E-state index contributed by atoms with van der Waals surface area (Å²) in [5.74, 6) is 0.0143. The fourth-order valence-electron chi connectivity index (χ4n) is 2.11. The van der Waals surface area contributed by atoms with Gasteiger partial charge in [0.15, 0.2) is 0 Å². The maximum atomic E-state index is 11.7. The lowest BCUT2D eigenvalue weighted by Crippen LogP contribution is -2.29. The van der Waals surface area contributed by atoms with Crippen molar-refractivity contribution in [3.05, 3.63) is 18.2 Å². The topological polar surface area (TPSA) is 105 Å². The predicted molar refractivity (Wildman–Crippen MR) is 76.9 cm³/mol. The van der Waals surface area contributed by atoms with Crippen LogP contribution in [-0.2, 0) is 14.8 Å². The van der Waals surface area contributed by atoms with E-state index in [1.165, 1.54) is 19.2 Å². The van der Waals surface area contributed by atoms with Crippen LogP contribution < -0.4 is 20.7 Å². The van der Waals surface area contributed by atoms with E-state index < -0.39 is 10.0 Å². The Kier molecular flexibility index (Phi) is 4.15. The van der Waals surface area contributed by atoms with Crippen molar-refractivity contribution in [1.82, 2.24) is 10.0 Å². The van der Waals surface area contributed by atoms with Gasteiger partial charge in [0.25, 0.3) is 0 Å². The standard InChI is InChI=1S/C12H18N4O3S/c1-14-20(18,19)9-2-3-11(10(13)8-9)16-6-4-12(17)15-5-7-16/h2-3,8,14H,4-7,13H2,1H3,(H,15,17). The van der Waals surface area contributed by atoms with E-state index in [-0.39, 0.29) is 10.8 Å². The maximum absolute atomic E-state index is 11.7. The summed E-state index contributed by atoms with van der Waals surface area (Å²) < 4.78 is 25.7. The molecule has 110 valence electrons. The molecule has 20 heavy (non-hydrogen) atoms. The fraction of sp³-hybridized carbons (Fsp3) is 0.417. The lowest BCUT2D eigenvalue weighted by molar-refractivity contribution is -0.120. The van der Waals surface area contributed by atoms with E-state index in [0.717, 1.165) is 5.69 Å². The molecule has 0 aromatic heterocycles. The van der Waals surface area contributed by atoms with Crippen molar-refractivity contribution >= 4 is 27.3 Å². The summed E-state index contributed by atoms with van der Waals surface area (Å²) >= 11 is 0. The summed E-state index contributed by atoms with van der Waals surface area (Å²) in [6, 6.07) is 4.62. The van der Waals surface area contributed by atoms with Crippen LogP contribution in [0.15, 0.2) is 23.1 Å². The molecule has 0 aliphatic carbocycles. The van der Waals surface area contributed by atoms with Crippen molar-refractivity contribution in [2.75, 3.05) is 37.3 Å². The van der Waals surface area contributed by atoms with Gasteiger partial charge in [-0.1, -0.05) is 0 Å². The molecule has 1 fully saturated rings. The molecule has 8 heteroatoms. The molecule has 1 amide bonds. The average Bonchev–Trinajstić information content (AvgIpc) is 2.63. The molecule has 0 atom stereocenters. The first kappa shape index (κ1) is 14.6. The Morgan fingerprint density at radius 2 is 2.10 bits per heavy atom. The number of nitrogens with two attached hydrogens (primary N) is 1. The molecule has 0 saturated carbocycles. The number of hydrogen-bond acceptors (Lipinski definition) is 5. The number of hydrogen-bond donors (Lipinski definition) is 3. The van der Waals surface area contributed by atoms with E-state index in [1.807, 2.05) is 4.90 Å². The zero-order valence-electron chi connectivity index (χ0n) is 11.2. The molecule has 1 heterocycles. The number of carbonyl (C=O) groups is 1. The highest BCUT2D eigenvalue weighted by Gasteiger charge is 2.18. The minimum absolute atomic E-state index is 0.0143. The van der Waals surface area contributed by atoms with E-state index in [4.69, 9.17) is 5.73 Å². The molecule has 1 saturated heterocycles. The SMILES string of the molecule is CNS(=O)(=O)c1ccc(N2CCNC(=O)CC2)c(N)c1. The summed E-state index contributed by atoms with van der Waals surface area (Å²) in [7, 11) is -2.15. The van der Waals surface area contributed by atoms with Crippen LogP contribution in [0, 0.1) is 0 Å². The average molecular weight is 298 g/mol. The number of sulfonamides is 1. The van der Waals surface area contributed by atoms with Gasteiger partial charge in [-0.2, -0.15) is 0 Å². The second kappa shape index (κ2) is 5.68. The summed E-state index contributed by atoms with van der Waals surface area (Å²) in [6.07, 6.45) is 0.399. The van der Waals surface area contributed by atoms with Gasteiger partial charge >= 0.3 is 0 Å². The van der Waals surface area contributed by atoms with Gasteiger partial charge in [0.1, 0.15) is 0 Å². The molecule has 0 spiro atoms. The molecule has 0 unspecified atom stereocenters. The van der Waals surface area contributed by atoms with Crippen LogP contribution in [0.1, 0.15) is 6.42 Å². The first-order chi connectivity index (χ1) is 9.44. The Hall–Kier alpha value is -1.80. The highest BCUT2D eigenvalue weighted by Crippen LogP contribution is 2.26. The minimum Gasteiger partial charge on any atom is -0.397 e. The van der Waals surface area contributed by atoms with E-state index in [1.54, 1.807) is 6.07 Å². The van der Waals surface area contributed by atoms with Gasteiger partial charge in [-0.05, 0) is 25.2 Å². The quantitative estimate of drug-likeness (QED) is 0.653. The van der Waals surface area contributed by atoms with Crippen molar-refractivity contribution in [1.29, 1.82) is 0 Å². The Morgan fingerprint density at radius 3 is 2.75 bits per heavy atom. The lowest BCUT2D eigenvalue weighted by atomic mass is 10.2. The normalized spacial score (nSPS) is 16.6. The molecule has 7 nitrogen and oxygen atoms in total. The highest BCUT2D eigenvalue weighted by atomic mass is 32.2. The summed E-state index contributed by atoms with van der Waals surface area (Å²) in [6.45, 7) is 1.76. The second-order valence-electron chi connectivity index (χ2n) is 4.52. The van der Waals surface area contributed by atoms with Crippen molar-refractivity contribution in [3.63, 3.8) is 0 Å². The second-order valence-corrected chi connectivity index (χ2v) is 6.40. The van der Waals surface area contributed by atoms with Gasteiger partial charge < -0.3 is 16.0 Å². The van der Waals surface area contributed by atoms with Crippen molar-refractivity contribution in [2.24, 2.45) is 0 Å². The molecule has 0 radical (unpaired) electrons. The molecule has 4 N–H and O–H groups in total. The Labute approximate surface area is 118 Å². The van der Waals surface area contributed by atoms with E-state index in [2.05, 4.69) is 10.0 Å². The number of benzene rings is 1. The third-order valence-corrected chi connectivity index (χ3v) is 4.64. The van der Waals surface area contributed by atoms with Crippen LogP contribution in [0.25, 0.3) is 0 Å². The minimum atomic E-state index is -3.50. The van der Waals surface area contributed by atoms with E-state index in [9.17, 15) is 13.2 Å². The Morgan fingerprint density at radius 1 is 1.35 bits per heavy atom. The number of amides is 1. The molecule has 1 aromatic carbocycles. The van der Waals surface area contributed by atoms with Gasteiger partial charge in [-0.3, -0.25) is 4.79 Å². The number of nitrogens with one attached hydrogen (secondary N) is 2. The van der Waals surface area contributed by atoms with Crippen molar-refractivity contribution in [3.8, 4) is 0 Å². The van der Waals surface area contributed by atoms with Crippen LogP contribution in [0.4, 0.5) is 11.4 Å². The van der Waals surface area contributed by atoms with E-state index in [0.29, 0.717) is 31.7 Å². The van der Waals surface area contributed by atoms with Crippen LogP contribution in [0.3, 0.4) is 0 Å². The summed E-state index contributed by atoms with van der Waals surface area (Å²) in [4.78, 5) is 13.4. The first-order valence-electron chi connectivity index (χ1n) is 6.29. The van der Waals surface area contributed by atoms with Crippen LogP contribution in [-0.4, -0.2) is 41.0 Å². The summed E-state index contributed by atoms with van der Waals surface area (Å²) in [5.41, 5.74) is 7.08. The predicted octanol–water partition coefficient (Wildman–Crippen LogP) is -0.497. The number of rotatable bonds is 3. The Balaban J connectivity index is 2.28. The van der Waals surface area contributed by atoms with E-state index >= 15 is 0 Å². The molecule has 0 bridgehead atoms. The van der Waals surface area contributed by atoms with Gasteiger partial charge in [-0.15, -0.1) is 0 Å².